The Kier molecular flexibility index (Phi) is 15.7. The van der Waals surface area contributed by atoms with Crippen LogP contribution in [0.3, 0.4) is 0 Å². The highest BCUT2D eigenvalue weighted by molar-refractivity contribution is 7.86. The lowest BCUT2D eigenvalue weighted by Crippen LogP contribution is -2.50. The van der Waals surface area contributed by atoms with E-state index in [1.807, 2.05) is 0 Å². The number of piperidine rings is 1. The average Bonchev–Trinajstić information content (AvgIpc) is 2.67. The summed E-state index contributed by atoms with van der Waals surface area (Å²) in [6.07, 6.45) is 20.1. The summed E-state index contributed by atoms with van der Waals surface area (Å²) in [7, 11) is -3.75. The molecule has 0 atom stereocenters. The second-order valence-corrected chi connectivity index (χ2v) is 10.3. The van der Waals surface area contributed by atoms with Gasteiger partial charge in [-0.1, -0.05) is 77.6 Å². The minimum Gasteiger partial charge on any atom is -0.741 e. The Hall–Kier alpha value is -0.670. The summed E-state index contributed by atoms with van der Waals surface area (Å²) in [6.45, 7) is 5.73. The molecule has 0 N–H and O–H groups in total. The van der Waals surface area contributed by atoms with Crippen molar-refractivity contribution in [3.05, 3.63) is 0 Å². The minimum atomic E-state index is -6.09. The van der Waals surface area contributed by atoms with E-state index in [0.29, 0.717) is 5.78 Å². The molecule has 1 aliphatic heterocycles. The highest BCUT2D eigenvalue weighted by atomic mass is 32.2. The summed E-state index contributed by atoms with van der Waals surface area (Å²) in [5.74, 6) is 0.478. The lowest BCUT2D eigenvalue weighted by molar-refractivity contribution is -0.911. The quantitative estimate of drug-likeness (QED) is 0.135. The number of rotatable bonds is 14. The van der Waals surface area contributed by atoms with Crippen molar-refractivity contribution < 1.29 is 35.4 Å². The van der Waals surface area contributed by atoms with Gasteiger partial charge >= 0.3 is 5.51 Å². The second kappa shape index (κ2) is 16.0. The molecule has 1 aliphatic rings. The number of hydrogen-bond acceptors (Lipinski definition) is 4. The molecule has 1 heterocycles. The summed E-state index contributed by atoms with van der Waals surface area (Å²) in [5, 5.41) is 0. The Bertz CT molecular complexity index is 570. The summed E-state index contributed by atoms with van der Waals surface area (Å²) < 4.78 is 60.0. The number of hydrogen-bond donors (Lipinski definition) is 0. The Morgan fingerprint density at radius 3 is 1.45 bits per heavy atom. The lowest BCUT2D eigenvalue weighted by Gasteiger charge is -2.37. The Morgan fingerprint density at radius 1 is 0.806 bits per heavy atom. The van der Waals surface area contributed by atoms with Gasteiger partial charge in [0.2, 0.25) is 0 Å². The van der Waals surface area contributed by atoms with Gasteiger partial charge in [-0.3, -0.25) is 4.79 Å². The number of unbranched alkanes of at least 4 members (excludes halogenated alkanes) is 12. The molecule has 0 amide bonds. The number of halogens is 3. The molecule has 0 aliphatic carbocycles. The molecular weight excluding hydrogens is 431 g/mol. The van der Waals surface area contributed by atoms with Gasteiger partial charge in [-0.15, -0.1) is 0 Å². The van der Waals surface area contributed by atoms with E-state index in [1.165, 1.54) is 90.0 Å². The van der Waals surface area contributed by atoms with Crippen molar-refractivity contribution in [2.75, 3.05) is 26.7 Å². The second-order valence-electron chi connectivity index (χ2n) is 8.97. The van der Waals surface area contributed by atoms with Crippen molar-refractivity contribution in [2.24, 2.45) is 0 Å². The molecule has 0 aromatic heterocycles. The first-order valence-electron chi connectivity index (χ1n) is 11.8. The first kappa shape index (κ1) is 30.3. The van der Waals surface area contributed by atoms with Crippen LogP contribution in [-0.4, -0.2) is 55.4 Å². The molecule has 0 spiro atoms. The van der Waals surface area contributed by atoms with E-state index in [9.17, 15) is 18.0 Å². The average molecular weight is 474 g/mol. The fourth-order valence-electron chi connectivity index (χ4n) is 3.76. The third-order valence-electron chi connectivity index (χ3n) is 5.95. The van der Waals surface area contributed by atoms with Crippen LogP contribution in [-0.2, 0) is 14.9 Å². The lowest BCUT2D eigenvalue weighted by atomic mass is 10.0. The molecule has 0 radical (unpaired) electrons. The summed E-state index contributed by atoms with van der Waals surface area (Å²) in [5.41, 5.74) is -5.65. The SMILES string of the molecule is CCCCCCCCCCCCCCC[N+]1(C)CCC(=O)CC1.O=S(=O)([O-])C(F)(F)F. The van der Waals surface area contributed by atoms with E-state index in [-0.39, 0.29) is 0 Å². The topological polar surface area (TPSA) is 74.3 Å². The monoisotopic (exact) mass is 473 g/mol. The first-order chi connectivity index (χ1) is 14.4. The van der Waals surface area contributed by atoms with E-state index >= 15 is 0 Å². The normalized spacial score (nSPS) is 16.6. The fourth-order valence-corrected chi connectivity index (χ4v) is 3.76. The number of quaternary nitrogens is 1. The summed E-state index contributed by atoms with van der Waals surface area (Å²) in [6, 6.07) is 0. The maximum absolute atomic E-state index is 11.3. The van der Waals surface area contributed by atoms with Gasteiger partial charge in [0, 0.05) is 0 Å². The Labute approximate surface area is 187 Å². The third kappa shape index (κ3) is 16.6. The van der Waals surface area contributed by atoms with Gasteiger partial charge in [0.1, 0.15) is 5.78 Å². The van der Waals surface area contributed by atoms with E-state index in [2.05, 4.69) is 14.0 Å². The molecule has 5 nitrogen and oxygen atoms in total. The van der Waals surface area contributed by atoms with Gasteiger partial charge < -0.3 is 9.04 Å². The zero-order chi connectivity index (χ0) is 23.8. The van der Waals surface area contributed by atoms with Gasteiger partial charge in [0.05, 0.1) is 39.5 Å². The number of nitrogens with zero attached hydrogens (tertiary/aromatic N) is 1. The molecule has 0 saturated carbocycles. The van der Waals surface area contributed by atoms with Crippen LogP contribution in [0.4, 0.5) is 13.2 Å². The molecule has 1 fully saturated rings. The molecule has 0 unspecified atom stereocenters. The van der Waals surface area contributed by atoms with Gasteiger partial charge in [0.15, 0.2) is 10.1 Å². The van der Waals surface area contributed by atoms with Crippen LogP contribution in [0.5, 0.6) is 0 Å². The van der Waals surface area contributed by atoms with Crippen LogP contribution >= 0.6 is 0 Å². The number of carbonyl (C=O) groups is 1. The Morgan fingerprint density at radius 2 is 1.13 bits per heavy atom. The Balaban J connectivity index is 0.000000954. The molecule has 1 saturated heterocycles. The molecule has 0 bridgehead atoms. The zero-order valence-corrected chi connectivity index (χ0v) is 20.2. The van der Waals surface area contributed by atoms with Crippen LogP contribution in [0.1, 0.15) is 103 Å². The van der Waals surface area contributed by atoms with Crippen molar-refractivity contribution >= 4 is 15.9 Å². The van der Waals surface area contributed by atoms with Gasteiger partial charge in [-0.25, -0.2) is 8.42 Å². The molecule has 186 valence electrons. The van der Waals surface area contributed by atoms with E-state index in [4.69, 9.17) is 13.0 Å². The molecule has 9 heteroatoms. The van der Waals surface area contributed by atoms with Crippen molar-refractivity contribution in [1.82, 2.24) is 0 Å². The standard InChI is InChI=1S/C21H42NO.CHF3O3S/c1-3-4-5-6-7-8-9-10-11-12-13-14-15-18-22(2)19-16-21(23)17-20-22;2-1(3,4)8(5,6)7/h3-20H2,1-2H3;(H,5,6,7)/q+1;/p-1. The number of carbonyl (C=O) groups excluding carboxylic acids is 1. The molecule has 0 aromatic carbocycles. The van der Waals surface area contributed by atoms with Crippen LogP contribution in [0, 0.1) is 0 Å². The minimum absolute atomic E-state index is 0.478. The number of ketones is 1. The van der Waals surface area contributed by atoms with Crippen molar-refractivity contribution in [3.63, 3.8) is 0 Å². The first-order valence-corrected chi connectivity index (χ1v) is 13.2. The number of likely N-dealkylation sites (tertiary alicyclic amines) is 1. The number of Topliss-reactive ketones (excluding diaryl/α,β-unsaturated/α-hetero) is 1. The maximum Gasteiger partial charge on any atom is 0.485 e. The van der Waals surface area contributed by atoms with Crippen LogP contribution in [0.15, 0.2) is 0 Å². The highest BCUT2D eigenvalue weighted by Gasteiger charge is 2.36. The molecule has 0 aromatic rings. The molecular formula is C22H42F3NO4S. The van der Waals surface area contributed by atoms with Crippen molar-refractivity contribution in [1.29, 1.82) is 0 Å². The van der Waals surface area contributed by atoms with E-state index < -0.39 is 15.6 Å². The largest absolute Gasteiger partial charge is 0.741 e. The maximum atomic E-state index is 11.3. The van der Waals surface area contributed by atoms with Gasteiger partial charge in [-0.05, 0) is 12.8 Å². The molecule has 1 rings (SSSR count). The van der Waals surface area contributed by atoms with Crippen molar-refractivity contribution in [3.8, 4) is 0 Å². The van der Waals surface area contributed by atoms with Gasteiger partial charge in [-0.2, -0.15) is 13.2 Å². The predicted molar refractivity (Wildman–Crippen MR) is 116 cm³/mol. The molecule has 31 heavy (non-hydrogen) atoms. The van der Waals surface area contributed by atoms with Crippen LogP contribution < -0.4 is 0 Å². The van der Waals surface area contributed by atoms with E-state index in [1.54, 1.807) is 0 Å². The smallest absolute Gasteiger partial charge is 0.485 e. The fraction of sp³-hybridized carbons (Fsp3) is 0.955. The highest BCUT2D eigenvalue weighted by Crippen LogP contribution is 2.20. The third-order valence-corrected chi connectivity index (χ3v) is 6.51. The zero-order valence-electron chi connectivity index (χ0n) is 19.4. The van der Waals surface area contributed by atoms with Gasteiger partial charge in [0.25, 0.3) is 0 Å². The summed E-state index contributed by atoms with van der Waals surface area (Å²) >= 11 is 0. The predicted octanol–water partition coefficient (Wildman–Crippen LogP) is 5.94. The van der Waals surface area contributed by atoms with E-state index in [0.717, 1.165) is 30.4 Å². The van der Waals surface area contributed by atoms with Crippen LogP contribution in [0.25, 0.3) is 0 Å². The number of alkyl halides is 3. The van der Waals surface area contributed by atoms with Crippen molar-refractivity contribution in [2.45, 2.75) is 109 Å². The summed E-state index contributed by atoms with van der Waals surface area (Å²) in [4.78, 5) is 11.3. The van der Waals surface area contributed by atoms with Crippen LogP contribution in [0.2, 0.25) is 0 Å².